The number of likely N-dealkylation sites (N-methyl/N-ethyl adjacent to an activating group) is 1. The second-order valence-corrected chi connectivity index (χ2v) is 6.86. The fourth-order valence-electron chi connectivity index (χ4n) is 4.03. The van der Waals surface area contributed by atoms with Gasteiger partial charge in [0.05, 0.1) is 6.61 Å². The van der Waals surface area contributed by atoms with Gasteiger partial charge in [-0.3, -0.25) is 0 Å². The van der Waals surface area contributed by atoms with Crippen LogP contribution in [0.5, 0.6) is 0 Å². The van der Waals surface area contributed by atoms with Gasteiger partial charge in [0.1, 0.15) is 6.10 Å². The Balaban J connectivity index is 0.000000948. The first-order valence-electron chi connectivity index (χ1n) is 9.30. The van der Waals surface area contributed by atoms with Crippen LogP contribution in [0.15, 0.2) is 60.7 Å². The quantitative estimate of drug-likeness (QED) is 0.479. The van der Waals surface area contributed by atoms with Crippen molar-refractivity contribution < 1.29 is 9.47 Å². The third-order valence-electron chi connectivity index (χ3n) is 5.33. The highest BCUT2D eigenvalue weighted by Gasteiger charge is 2.47. The minimum absolute atomic E-state index is 0.107. The van der Waals surface area contributed by atoms with Crippen LogP contribution in [0.1, 0.15) is 30.4 Å². The van der Waals surface area contributed by atoms with Crippen LogP contribution >= 0.6 is 22.6 Å². The minimum atomic E-state index is -0.786. The Morgan fingerprint density at radius 3 is 2.04 bits per heavy atom. The van der Waals surface area contributed by atoms with E-state index in [4.69, 9.17) is 9.47 Å². The highest BCUT2D eigenvalue weighted by atomic mass is 127. The van der Waals surface area contributed by atoms with Crippen molar-refractivity contribution in [2.24, 2.45) is 0 Å². The van der Waals surface area contributed by atoms with Gasteiger partial charge in [-0.15, -0.1) is 0 Å². The van der Waals surface area contributed by atoms with Crippen molar-refractivity contribution in [3.05, 3.63) is 71.8 Å². The summed E-state index contributed by atoms with van der Waals surface area (Å²) in [5.74, 6) is -0.786. The fraction of sp³-hybridized carbons (Fsp3) is 0.455. The maximum atomic E-state index is 6.67. The Bertz CT molecular complexity index is 625. The largest absolute Gasteiger partial charge is 0.339 e. The monoisotopic (exact) mass is 465 g/mol. The summed E-state index contributed by atoms with van der Waals surface area (Å²) in [6.07, 6.45) is 3.85. The molecule has 26 heavy (non-hydrogen) atoms. The van der Waals surface area contributed by atoms with E-state index >= 15 is 0 Å². The van der Waals surface area contributed by atoms with Crippen LogP contribution in [-0.4, -0.2) is 42.2 Å². The number of ether oxygens (including phenoxy) is 2. The van der Waals surface area contributed by atoms with E-state index in [-0.39, 0.29) is 6.10 Å². The molecule has 3 nitrogen and oxygen atoms in total. The van der Waals surface area contributed by atoms with Gasteiger partial charge in [0.25, 0.3) is 0 Å². The Morgan fingerprint density at radius 2 is 1.50 bits per heavy atom. The number of likely N-dealkylation sites (tertiary alicyclic amines) is 1. The van der Waals surface area contributed by atoms with E-state index in [1.54, 1.807) is 0 Å². The zero-order chi connectivity index (χ0) is 18.4. The molecule has 0 aromatic heterocycles. The van der Waals surface area contributed by atoms with Crippen LogP contribution in [0.2, 0.25) is 0 Å². The van der Waals surface area contributed by atoms with Gasteiger partial charge in [-0.1, -0.05) is 89.7 Å². The van der Waals surface area contributed by atoms with Crippen LogP contribution < -0.4 is 0 Å². The lowest BCUT2D eigenvalue weighted by molar-refractivity contribution is -0.151. The molecule has 4 rings (SSSR count). The second kappa shape index (κ2) is 9.31. The molecule has 0 bridgehead atoms. The fourth-order valence-corrected chi connectivity index (χ4v) is 4.03. The van der Waals surface area contributed by atoms with E-state index in [9.17, 15) is 0 Å². The Morgan fingerprint density at radius 1 is 0.923 bits per heavy atom. The molecule has 0 amide bonds. The predicted molar refractivity (Wildman–Crippen MR) is 115 cm³/mol. The maximum absolute atomic E-state index is 6.67. The number of nitrogens with zero attached hydrogens (tertiary/aromatic N) is 1. The molecule has 2 atom stereocenters. The van der Waals surface area contributed by atoms with Gasteiger partial charge >= 0.3 is 0 Å². The summed E-state index contributed by atoms with van der Waals surface area (Å²) in [6.45, 7) is 1.78. The number of halogens is 1. The first kappa shape index (κ1) is 19.8. The average molecular weight is 465 g/mol. The van der Waals surface area contributed by atoms with Gasteiger partial charge in [-0.25, -0.2) is 0 Å². The van der Waals surface area contributed by atoms with Gasteiger partial charge in [-0.05, 0) is 31.4 Å². The molecule has 2 aromatic carbocycles. The third-order valence-corrected chi connectivity index (χ3v) is 5.33. The number of hydrogen-bond acceptors (Lipinski definition) is 3. The van der Waals surface area contributed by atoms with Crippen LogP contribution in [-0.2, 0) is 15.3 Å². The molecule has 2 saturated heterocycles. The SMILES string of the molecule is CI.CN1CCCCC1[C@@H]1COC(c2ccccc2)(c2ccccc2)O1. The van der Waals surface area contributed by atoms with E-state index in [1.165, 1.54) is 19.3 Å². The molecule has 2 heterocycles. The van der Waals surface area contributed by atoms with Crippen molar-refractivity contribution >= 4 is 22.6 Å². The summed E-state index contributed by atoms with van der Waals surface area (Å²) in [6, 6.07) is 21.1. The molecule has 2 aliphatic heterocycles. The molecule has 2 fully saturated rings. The molecule has 140 valence electrons. The highest BCUT2D eigenvalue weighted by molar-refractivity contribution is 14.1. The smallest absolute Gasteiger partial charge is 0.222 e. The summed E-state index contributed by atoms with van der Waals surface area (Å²) in [7, 11) is 2.21. The van der Waals surface area contributed by atoms with Crippen LogP contribution in [0.4, 0.5) is 0 Å². The molecular weight excluding hydrogens is 437 g/mol. The van der Waals surface area contributed by atoms with Crippen molar-refractivity contribution in [2.45, 2.75) is 37.2 Å². The van der Waals surface area contributed by atoms with Crippen molar-refractivity contribution in [1.29, 1.82) is 0 Å². The molecule has 1 unspecified atom stereocenters. The molecule has 0 aliphatic carbocycles. The van der Waals surface area contributed by atoms with Gasteiger partial charge in [0.2, 0.25) is 5.79 Å². The molecule has 0 saturated carbocycles. The van der Waals surface area contributed by atoms with Gasteiger partial charge < -0.3 is 14.4 Å². The molecular formula is C22H28INO2. The maximum Gasteiger partial charge on any atom is 0.222 e. The summed E-state index contributed by atoms with van der Waals surface area (Å²) in [4.78, 5) is 4.40. The van der Waals surface area contributed by atoms with E-state index in [2.05, 4.69) is 58.8 Å². The van der Waals surface area contributed by atoms with Crippen molar-refractivity contribution in [1.82, 2.24) is 4.90 Å². The third kappa shape index (κ3) is 3.98. The lowest BCUT2D eigenvalue weighted by Crippen LogP contribution is -2.46. The average Bonchev–Trinajstić information content (AvgIpc) is 3.18. The van der Waals surface area contributed by atoms with Crippen LogP contribution in [0, 0.1) is 0 Å². The summed E-state index contributed by atoms with van der Waals surface area (Å²) in [5.41, 5.74) is 2.13. The standard InChI is InChI=1S/C21H25NO2.CH3I/c1-22-15-9-8-14-19(22)20-16-23-21(24-20,17-10-4-2-5-11-17)18-12-6-3-7-13-18;1-2/h2-7,10-13,19-20H,8-9,14-16H2,1H3;1H3/t19?,20-;/m0./s1. The molecule has 0 N–H and O–H groups in total. The van der Waals surface area contributed by atoms with Crippen molar-refractivity contribution in [3.63, 3.8) is 0 Å². The van der Waals surface area contributed by atoms with E-state index in [0.29, 0.717) is 12.6 Å². The predicted octanol–water partition coefficient (Wildman–Crippen LogP) is 4.84. The Labute approximate surface area is 170 Å². The lowest BCUT2D eigenvalue weighted by atomic mass is 9.96. The molecule has 2 aliphatic rings. The van der Waals surface area contributed by atoms with E-state index < -0.39 is 5.79 Å². The topological polar surface area (TPSA) is 21.7 Å². The van der Waals surface area contributed by atoms with Gasteiger partial charge in [0, 0.05) is 17.2 Å². The number of hydrogen-bond donors (Lipinski definition) is 0. The zero-order valence-corrected chi connectivity index (χ0v) is 17.8. The van der Waals surface area contributed by atoms with Crippen molar-refractivity contribution in [2.75, 3.05) is 25.1 Å². The molecule has 2 aromatic rings. The van der Waals surface area contributed by atoms with Crippen molar-refractivity contribution in [3.8, 4) is 0 Å². The Hall–Kier alpha value is -0.950. The number of piperidine rings is 1. The second-order valence-electron chi connectivity index (χ2n) is 6.86. The minimum Gasteiger partial charge on any atom is -0.339 e. The molecule has 0 radical (unpaired) electrons. The van der Waals surface area contributed by atoms with E-state index in [1.807, 2.05) is 41.3 Å². The number of alkyl halides is 1. The highest BCUT2D eigenvalue weighted by Crippen LogP contribution is 2.42. The van der Waals surface area contributed by atoms with Gasteiger partial charge in [0.15, 0.2) is 0 Å². The molecule has 4 heteroatoms. The summed E-state index contributed by atoms with van der Waals surface area (Å²) >= 11 is 2.15. The normalized spacial score (nSPS) is 25.3. The van der Waals surface area contributed by atoms with Crippen LogP contribution in [0.3, 0.4) is 0 Å². The van der Waals surface area contributed by atoms with Crippen LogP contribution in [0.25, 0.3) is 0 Å². The zero-order valence-electron chi connectivity index (χ0n) is 15.6. The summed E-state index contributed by atoms with van der Waals surface area (Å²) in [5, 5.41) is 0. The number of rotatable bonds is 3. The number of benzene rings is 2. The van der Waals surface area contributed by atoms with E-state index in [0.717, 1.165) is 17.7 Å². The van der Waals surface area contributed by atoms with Gasteiger partial charge in [-0.2, -0.15) is 0 Å². The Kier molecular flexibility index (Phi) is 7.09. The summed E-state index contributed by atoms with van der Waals surface area (Å²) < 4.78 is 13.0. The molecule has 0 spiro atoms. The lowest BCUT2D eigenvalue weighted by Gasteiger charge is -2.37. The first-order chi connectivity index (χ1) is 12.8. The first-order valence-corrected chi connectivity index (χ1v) is 11.5.